The van der Waals surface area contributed by atoms with E-state index in [9.17, 15) is 26.3 Å². The Morgan fingerprint density at radius 3 is 2.19 bits per heavy atom. The highest BCUT2D eigenvalue weighted by Crippen LogP contribution is 2.29. The largest absolute Gasteiger partial charge is 0.573 e. The minimum Gasteiger partial charge on any atom is -0.479 e. The van der Waals surface area contributed by atoms with E-state index in [1.807, 2.05) is 0 Å². The van der Waals surface area contributed by atoms with Gasteiger partial charge in [-0.1, -0.05) is 6.58 Å². The van der Waals surface area contributed by atoms with Gasteiger partial charge in [0.1, 0.15) is 11.5 Å². The molecule has 1 aromatic rings. The molecule has 2 rings (SSSR count). The van der Waals surface area contributed by atoms with Crippen molar-refractivity contribution in [2.75, 3.05) is 13.7 Å². The van der Waals surface area contributed by atoms with Gasteiger partial charge in [-0.15, -0.1) is 13.2 Å². The Morgan fingerprint density at radius 2 is 1.73 bits per heavy atom. The van der Waals surface area contributed by atoms with E-state index >= 15 is 0 Å². The van der Waals surface area contributed by atoms with Gasteiger partial charge in [0.2, 0.25) is 5.90 Å². The van der Waals surface area contributed by atoms with Gasteiger partial charge in [-0.25, -0.2) is 4.99 Å². The van der Waals surface area contributed by atoms with Crippen LogP contribution in [0.1, 0.15) is 5.56 Å². The number of aliphatic imine (C=N–C) groups is 2. The molecule has 0 bridgehead atoms. The summed E-state index contributed by atoms with van der Waals surface area (Å²) < 4.78 is 83.0. The quantitative estimate of drug-likeness (QED) is 0.439. The highest BCUT2D eigenvalue weighted by Gasteiger charge is 2.36. The van der Waals surface area contributed by atoms with Crippen molar-refractivity contribution in [1.29, 1.82) is 0 Å². The van der Waals surface area contributed by atoms with Crippen LogP contribution < -0.4 is 4.74 Å². The van der Waals surface area contributed by atoms with Gasteiger partial charge >= 0.3 is 12.5 Å². The molecule has 0 fully saturated rings. The zero-order chi connectivity index (χ0) is 19.5. The zero-order valence-corrected chi connectivity index (χ0v) is 13.3. The maximum Gasteiger partial charge on any atom is 0.573 e. The minimum atomic E-state index is -4.82. The second kappa shape index (κ2) is 7.22. The van der Waals surface area contributed by atoms with E-state index in [2.05, 4.69) is 21.3 Å². The first-order chi connectivity index (χ1) is 12.0. The minimum absolute atomic E-state index is 0.0666. The lowest BCUT2D eigenvalue weighted by atomic mass is 10.1. The summed E-state index contributed by atoms with van der Waals surface area (Å²) in [6, 6.07) is 4.66. The van der Waals surface area contributed by atoms with Gasteiger partial charge in [0.05, 0.1) is 24.9 Å². The van der Waals surface area contributed by atoms with E-state index in [0.717, 1.165) is 18.2 Å². The molecular weight excluding hydrogens is 366 g/mol. The summed E-state index contributed by atoms with van der Waals surface area (Å²) >= 11 is 0. The Morgan fingerprint density at radius 1 is 1.12 bits per heavy atom. The van der Waals surface area contributed by atoms with E-state index in [-0.39, 0.29) is 17.3 Å². The molecule has 0 unspecified atom stereocenters. The van der Waals surface area contributed by atoms with Gasteiger partial charge in [-0.3, -0.25) is 4.99 Å². The number of benzene rings is 1. The monoisotopic (exact) mass is 378 g/mol. The predicted molar refractivity (Wildman–Crippen MR) is 83.0 cm³/mol. The lowest BCUT2D eigenvalue weighted by Gasteiger charge is -2.09. The van der Waals surface area contributed by atoms with Crippen LogP contribution in [-0.2, 0) is 4.74 Å². The van der Waals surface area contributed by atoms with Crippen LogP contribution in [0.15, 0.2) is 52.5 Å². The van der Waals surface area contributed by atoms with Crippen LogP contribution in [0.25, 0.3) is 5.70 Å². The van der Waals surface area contributed by atoms with E-state index in [0.29, 0.717) is 5.56 Å². The molecule has 140 valence electrons. The third-order valence-corrected chi connectivity index (χ3v) is 3.16. The van der Waals surface area contributed by atoms with E-state index in [1.54, 1.807) is 0 Å². The SMILES string of the molecule is C=C(N=C(OC)C1=NCC(C(F)(F)F)=C1)c1ccc(OC(F)(F)F)cc1. The van der Waals surface area contributed by atoms with E-state index in [4.69, 9.17) is 4.74 Å². The Labute approximate surface area is 144 Å². The molecule has 4 nitrogen and oxygen atoms in total. The first-order valence-corrected chi connectivity index (χ1v) is 7.00. The van der Waals surface area contributed by atoms with Crippen molar-refractivity contribution in [2.45, 2.75) is 12.5 Å². The summed E-state index contributed by atoms with van der Waals surface area (Å²) in [6.07, 6.45) is -8.51. The van der Waals surface area contributed by atoms with Crippen molar-refractivity contribution in [2.24, 2.45) is 9.98 Å². The molecule has 0 aromatic heterocycles. The van der Waals surface area contributed by atoms with Crippen molar-refractivity contribution in [3.63, 3.8) is 0 Å². The molecule has 0 aliphatic carbocycles. The predicted octanol–water partition coefficient (Wildman–Crippen LogP) is 4.54. The fourth-order valence-electron chi connectivity index (χ4n) is 1.97. The van der Waals surface area contributed by atoms with Crippen molar-refractivity contribution in [3.05, 3.63) is 48.1 Å². The first kappa shape index (κ1) is 19.5. The third-order valence-electron chi connectivity index (χ3n) is 3.16. The molecule has 0 amide bonds. The van der Waals surface area contributed by atoms with Crippen molar-refractivity contribution in [3.8, 4) is 5.75 Å². The van der Waals surface area contributed by atoms with Crippen LogP contribution in [0, 0.1) is 0 Å². The van der Waals surface area contributed by atoms with Crippen molar-refractivity contribution < 1.29 is 35.8 Å². The lowest BCUT2D eigenvalue weighted by molar-refractivity contribution is -0.274. The van der Waals surface area contributed by atoms with Crippen molar-refractivity contribution >= 4 is 17.3 Å². The maximum atomic E-state index is 12.7. The Bertz CT molecular complexity index is 773. The van der Waals surface area contributed by atoms with Gasteiger partial charge in [-0.05, 0) is 35.9 Å². The number of hydrogen-bond acceptors (Lipinski definition) is 4. The fraction of sp³-hybridized carbons (Fsp3) is 0.250. The average Bonchev–Trinajstić information content (AvgIpc) is 3.01. The first-order valence-electron chi connectivity index (χ1n) is 7.00. The fourth-order valence-corrected chi connectivity index (χ4v) is 1.97. The Kier molecular flexibility index (Phi) is 5.43. The maximum absolute atomic E-state index is 12.7. The molecule has 0 atom stereocenters. The second-order valence-corrected chi connectivity index (χ2v) is 5.01. The Hall–Kier alpha value is -2.78. The highest BCUT2D eigenvalue weighted by molar-refractivity contribution is 6.44. The molecule has 1 heterocycles. The molecule has 1 aromatic carbocycles. The normalized spacial score (nSPS) is 15.4. The number of halogens is 6. The number of ether oxygens (including phenoxy) is 2. The van der Waals surface area contributed by atoms with Crippen LogP contribution in [0.3, 0.4) is 0 Å². The molecule has 10 heteroatoms. The number of methoxy groups -OCH3 is 1. The standard InChI is InChI=1S/C16H12F6N2O2/c1-9(10-3-5-12(6-4-10)26-16(20,21)22)24-14(25-2)13-7-11(8-23-13)15(17,18)19/h3-7H,1,8H2,2H3. The third kappa shape index (κ3) is 5.11. The molecule has 0 saturated heterocycles. The van der Waals surface area contributed by atoms with Gasteiger partial charge in [0.25, 0.3) is 0 Å². The van der Waals surface area contributed by atoms with Crippen LogP contribution in [0.2, 0.25) is 0 Å². The smallest absolute Gasteiger partial charge is 0.479 e. The van der Waals surface area contributed by atoms with Crippen LogP contribution >= 0.6 is 0 Å². The van der Waals surface area contributed by atoms with Crippen LogP contribution in [0.4, 0.5) is 26.3 Å². The van der Waals surface area contributed by atoms with E-state index < -0.39 is 30.4 Å². The molecule has 0 radical (unpaired) electrons. The van der Waals surface area contributed by atoms with E-state index in [1.165, 1.54) is 19.2 Å². The summed E-state index contributed by atoms with van der Waals surface area (Å²) in [5.74, 6) is -0.618. The molecule has 0 saturated carbocycles. The topological polar surface area (TPSA) is 43.2 Å². The van der Waals surface area contributed by atoms with Crippen LogP contribution in [0.5, 0.6) is 5.75 Å². The Balaban J connectivity index is 2.17. The van der Waals surface area contributed by atoms with Gasteiger partial charge in [-0.2, -0.15) is 13.2 Å². The summed E-state index contributed by atoms with van der Waals surface area (Å²) in [5, 5.41) is 0. The molecule has 0 N–H and O–H groups in total. The van der Waals surface area contributed by atoms with Gasteiger partial charge in [0.15, 0.2) is 0 Å². The number of nitrogens with zero attached hydrogens (tertiary/aromatic N) is 2. The summed E-state index contributed by atoms with van der Waals surface area (Å²) in [4.78, 5) is 7.68. The molecule has 1 aliphatic heterocycles. The second-order valence-electron chi connectivity index (χ2n) is 5.01. The molecular formula is C16H12F6N2O2. The summed E-state index contributed by atoms with van der Waals surface area (Å²) in [5.41, 5.74) is -0.542. The molecule has 26 heavy (non-hydrogen) atoms. The van der Waals surface area contributed by atoms with Gasteiger partial charge in [0, 0.05) is 0 Å². The summed E-state index contributed by atoms with van der Waals surface area (Å²) in [7, 11) is 1.20. The molecule has 1 aliphatic rings. The van der Waals surface area contributed by atoms with Crippen molar-refractivity contribution in [1.82, 2.24) is 0 Å². The van der Waals surface area contributed by atoms with Crippen LogP contribution in [-0.4, -0.2) is 37.8 Å². The zero-order valence-electron chi connectivity index (χ0n) is 13.3. The average molecular weight is 378 g/mol. The van der Waals surface area contributed by atoms with Gasteiger partial charge < -0.3 is 9.47 Å². The lowest BCUT2D eigenvalue weighted by Crippen LogP contribution is -2.17. The molecule has 0 spiro atoms. The highest BCUT2D eigenvalue weighted by atomic mass is 19.4. The number of hydrogen-bond donors (Lipinski definition) is 0. The number of rotatable bonds is 4. The summed E-state index contributed by atoms with van der Waals surface area (Å²) in [6.45, 7) is 3.08. The number of alkyl halides is 6.